The van der Waals surface area contributed by atoms with Crippen LogP contribution in [0.25, 0.3) is 0 Å². The number of rotatable bonds is 12. The predicted molar refractivity (Wildman–Crippen MR) is 71.1 cm³/mol. The molecule has 110 valence electrons. The summed E-state index contributed by atoms with van der Waals surface area (Å²) < 4.78 is 0. The molecule has 3 N–H and O–H groups in total. The number of halogens is 1. The molecule has 0 aliphatic heterocycles. The van der Waals surface area contributed by atoms with Crippen molar-refractivity contribution in [2.75, 3.05) is 6.54 Å². The average Bonchev–Trinajstić information content (AvgIpc) is 2.31. The third-order valence-corrected chi connectivity index (χ3v) is 3.22. The van der Waals surface area contributed by atoms with Gasteiger partial charge in [0.05, 0.1) is 6.54 Å². The molecule has 0 aromatic carbocycles. The van der Waals surface area contributed by atoms with Crippen molar-refractivity contribution in [3.05, 3.63) is 0 Å². The van der Waals surface area contributed by atoms with E-state index in [1.165, 1.54) is 51.4 Å². The summed E-state index contributed by atoms with van der Waals surface area (Å²) in [6, 6.07) is -0.288. The largest absolute Gasteiger partial charge is 1.00 e. The van der Waals surface area contributed by atoms with Gasteiger partial charge in [-0.15, -0.1) is 0 Å². The number of unbranched alkanes of at least 4 members (excludes halogenated alkanes) is 8. The molecular formula is C14H30ClNO2. The highest BCUT2D eigenvalue weighted by atomic mass is 35.5. The van der Waals surface area contributed by atoms with Crippen molar-refractivity contribution in [2.45, 2.75) is 77.7 Å². The van der Waals surface area contributed by atoms with Crippen LogP contribution in [0.15, 0.2) is 0 Å². The summed E-state index contributed by atoms with van der Waals surface area (Å²) in [5.74, 6) is -0.707. The molecule has 0 spiro atoms. The van der Waals surface area contributed by atoms with Crippen LogP contribution in [0.2, 0.25) is 0 Å². The van der Waals surface area contributed by atoms with Gasteiger partial charge in [0.1, 0.15) is 0 Å². The van der Waals surface area contributed by atoms with Gasteiger partial charge in [-0.2, -0.15) is 0 Å². The van der Waals surface area contributed by atoms with E-state index < -0.39 is 5.97 Å². The van der Waals surface area contributed by atoms with Crippen LogP contribution in [0.4, 0.5) is 0 Å². The minimum absolute atomic E-state index is 0. The van der Waals surface area contributed by atoms with Crippen LogP contribution in [0.1, 0.15) is 71.6 Å². The maximum atomic E-state index is 10.6. The predicted octanol–water partition coefficient (Wildman–Crippen LogP) is -0.442. The third-order valence-electron chi connectivity index (χ3n) is 3.22. The Hall–Kier alpha value is -0.280. The van der Waals surface area contributed by atoms with Gasteiger partial charge in [-0.05, 0) is 19.8 Å². The quantitative estimate of drug-likeness (QED) is 0.476. The Balaban J connectivity index is 0. The molecule has 3 nitrogen and oxygen atoms in total. The van der Waals surface area contributed by atoms with Gasteiger partial charge in [0.25, 0.3) is 0 Å². The summed E-state index contributed by atoms with van der Waals surface area (Å²) in [5.41, 5.74) is 0. The maximum absolute atomic E-state index is 10.6. The lowest BCUT2D eigenvalue weighted by molar-refractivity contribution is -0.675. The Bertz CT molecular complexity index is 189. The topological polar surface area (TPSA) is 53.9 Å². The lowest BCUT2D eigenvalue weighted by atomic mass is 10.1. The molecule has 0 aliphatic carbocycles. The van der Waals surface area contributed by atoms with E-state index in [1.54, 1.807) is 6.92 Å². The Labute approximate surface area is 118 Å². The minimum atomic E-state index is -0.707. The van der Waals surface area contributed by atoms with Crippen molar-refractivity contribution in [1.82, 2.24) is 0 Å². The summed E-state index contributed by atoms with van der Waals surface area (Å²) in [6.07, 6.45) is 11.9. The number of aliphatic carboxylic acids is 1. The van der Waals surface area contributed by atoms with Gasteiger partial charge < -0.3 is 22.8 Å². The van der Waals surface area contributed by atoms with Crippen LogP contribution < -0.4 is 17.7 Å². The van der Waals surface area contributed by atoms with Crippen molar-refractivity contribution < 1.29 is 27.6 Å². The van der Waals surface area contributed by atoms with E-state index in [1.807, 2.05) is 5.32 Å². The molecule has 0 fully saturated rings. The summed E-state index contributed by atoms with van der Waals surface area (Å²) in [5, 5.41) is 10.6. The van der Waals surface area contributed by atoms with E-state index in [0.29, 0.717) is 0 Å². The fourth-order valence-electron chi connectivity index (χ4n) is 1.92. The van der Waals surface area contributed by atoms with E-state index in [-0.39, 0.29) is 18.4 Å². The van der Waals surface area contributed by atoms with Crippen LogP contribution in [0.5, 0.6) is 0 Å². The molecule has 18 heavy (non-hydrogen) atoms. The second-order valence-electron chi connectivity index (χ2n) is 4.98. The van der Waals surface area contributed by atoms with E-state index in [0.717, 1.165) is 13.0 Å². The first kappa shape index (κ1) is 20.0. The van der Waals surface area contributed by atoms with Gasteiger partial charge in [-0.1, -0.05) is 51.9 Å². The number of carboxylic acids is 1. The first-order valence-corrected chi connectivity index (χ1v) is 7.24. The molecule has 0 saturated carbocycles. The summed E-state index contributed by atoms with van der Waals surface area (Å²) in [6.45, 7) is 4.94. The van der Waals surface area contributed by atoms with Crippen molar-refractivity contribution in [3.8, 4) is 0 Å². The third kappa shape index (κ3) is 13.8. The number of carboxylic acid groups (broad SMARTS) is 1. The van der Waals surface area contributed by atoms with Gasteiger partial charge in [0, 0.05) is 0 Å². The van der Waals surface area contributed by atoms with Gasteiger partial charge >= 0.3 is 5.97 Å². The highest BCUT2D eigenvalue weighted by Crippen LogP contribution is 2.08. The molecule has 1 atom stereocenters. The minimum Gasteiger partial charge on any atom is -1.00 e. The molecule has 0 heterocycles. The van der Waals surface area contributed by atoms with Crippen LogP contribution >= 0.6 is 0 Å². The monoisotopic (exact) mass is 279 g/mol. The van der Waals surface area contributed by atoms with Gasteiger partial charge in [-0.3, -0.25) is 0 Å². The van der Waals surface area contributed by atoms with Crippen molar-refractivity contribution in [3.63, 3.8) is 0 Å². The highest BCUT2D eigenvalue weighted by molar-refractivity contribution is 5.70. The zero-order valence-corrected chi connectivity index (χ0v) is 12.7. The molecule has 0 amide bonds. The Kier molecular flexibility index (Phi) is 16.5. The van der Waals surface area contributed by atoms with Crippen molar-refractivity contribution in [2.24, 2.45) is 0 Å². The van der Waals surface area contributed by atoms with Crippen LogP contribution in [0.3, 0.4) is 0 Å². The number of nitrogens with two attached hydrogens (primary N) is 1. The van der Waals surface area contributed by atoms with Gasteiger partial charge in [-0.25, -0.2) is 4.79 Å². The van der Waals surface area contributed by atoms with E-state index in [2.05, 4.69) is 6.92 Å². The second kappa shape index (κ2) is 14.8. The van der Waals surface area contributed by atoms with E-state index in [9.17, 15) is 4.79 Å². The zero-order valence-electron chi connectivity index (χ0n) is 12.0. The molecule has 0 rings (SSSR count). The molecule has 1 unspecified atom stereocenters. The first-order valence-electron chi connectivity index (χ1n) is 7.24. The van der Waals surface area contributed by atoms with Crippen LogP contribution in [0, 0.1) is 0 Å². The first-order chi connectivity index (χ1) is 8.18. The lowest BCUT2D eigenvalue weighted by Gasteiger charge is -2.05. The van der Waals surface area contributed by atoms with Gasteiger partial charge in [0.2, 0.25) is 0 Å². The molecule has 0 aromatic heterocycles. The lowest BCUT2D eigenvalue weighted by Crippen LogP contribution is -3.00. The highest BCUT2D eigenvalue weighted by Gasteiger charge is 2.12. The molecule has 0 saturated heterocycles. The van der Waals surface area contributed by atoms with Crippen molar-refractivity contribution >= 4 is 5.97 Å². The van der Waals surface area contributed by atoms with Crippen LogP contribution in [-0.2, 0) is 4.79 Å². The molecular weight excluding hydrogens is 250 g/mol. The normalized spacial score (nSPS) is 11.9. The molecule has 0 radical (unpaired) electrons. The SMILES string of the molecule is CCCCCCCCCCC[NH2+]C(C)C(=O)O.[Cl-]. The van der Waals surface area contributed by atoms with E-state index >= 15 is 0 Å². The average molecular weight is 280 g/mol. The Morgan fingerprint density at radius 3 is 1.89 bits per heavy atom. The van der Waals surface area contributed by atoms with Gasteiger partial charge in [0.15, 0.2) is 6.04 Å². The summed E-state index contributed by atoms with van der Waals surface area (Å²) in [7, 11) is 0. The fourth-order valence-corrected chi connectivity index (χ4v) is 1.92. The molecule has 0 aromatic rings. The zero-order chi connectivity index (χ0) is 12.9. The number of quaternary nitrogens is 1. The molecule has 0 aliphatic rings. The number of carbonyl (C=O) groups is 1. The number of hydrogen-bond acceptors (Lipinski definition) is 1. The summed E-state index contributed by atoms with van der Waals surface area (Å²) >= 11 is 0. The Morgan fingerprint density at radius 2 is 1.44 bits per heavy atom. The number of hydrogen-bond donors (Lipinski definition) is 2. The molecule has 4 heteroatoms. The Morgan fingerprint density at radius 1 is 1.00 bits per heavy atom. The fraction of sp³-hybridized carbons (Fsp3) is 0.929. The maximum Gasteiger partial charge on any atom is 0.362 e. The summed E-state index contributed by atoms with van der Waals surface area (Å²) in [4.78, 5) is 10.6. The van der Waals surface area contributed by atoms with Crippen molar-refractivity contribution in [1.29, 1.82) is 0 Å². The molecule has 0 bridgehead atoms. The van der Waals surface area contributed by atoms with Crippen LogP contribution in [-0.4, -0.2) is 23.7 Å². The standard InChI is InChI=1S/C14H29NO2.ClH/c1-3-4-5-6-7-8-9-10-11-12-15-13(2)14(16)17;/h13,15H,3-12H2,1-2H3,(H,16,17);1H. The smallest absolute Gasteiger partial charge is 0.362 e. The van der Waals surface area contributed by atoms with E-state index in [4.69, 9.17) is 5.11 Å². The second-order valence-corrected chi connectivity index (χ2v) is 4.98.